The van der Waals surface area contributed by atoms with Gasteiger partial charge in [-0.3, -0.25) is 0 Å². The maximum atomic E-state index is 12.7. The second-order valence-corrected chi connectivity index (χ2v) is 10.0. The Balaban J connectivity index is 1.34. The van der Waals surface area contributed by atoms with Crippen LogP contribution in [0.5, 0.6) is 23.0 Å². The first-order valence-electron chi connectivity index (χ1n) is 10.7. The molecule has 0 amide bonds. The molecule has 1 heterocycles. The maximum Gasteiger partial charge on any atom is 0.416 e. The zero-order valence-corrected chi connectivity index (χ0v) is 22.0. The van der Waals surface area contributed by atoms with Gasteiger partial charge in [-0.1, -0.05) is 63.7 Å². The Morgan fingerprint density at radius 1 is 0.842 bits per heavy atom. The summed E-state index contributed by atoms with van der Waals surface area (Å²) in [6, 6.07) is 19.5. The van der Waals surface area contributed by atoms with E-state index in [1.165, 1.54) is 12.1 Å². The molecule has 0 aliphatic heterocycles. The van der Waals surface area contributed by atoms with Crippen LogP contribution in [0.3, 0.4) is 0 Å². The van der Waals surface area contributed by atoms with Gasteiger partial charge in [0.25, 0.3) is 4.52 Å². The number of nitrogens with zero attached hydrogens (tertiary/aromatic N) is 1. The molecule has 38 heavy (non-hydrogen) atoms. The van der Waals surface area contributed by atoms with E-state index < -0.39 is 16.3 Å². The molecular formula is C26H16Cl4F3NO4. The second-order valence-electron chi connectivity index (χ2n) is 7.69. The highest BCUT2D eigenvalue weighted by Gasteiger charge is 2.30. The van der Waals surface area contributed by atoms with Gasteiger partial charge in [0, 0.05) is 17.7 Å². The highest BCUT2D eigenvalue weighted by Crippen LogP contribution is 2.33. The number of ether oxygens (including phenoxy) is 3. The van der Waals surface area contributed by atoms with Gasteiger partial charge in [0.1, 0.15) is 39.8 Å². The molecule has 0 N–H and O–H groups in total. The molecule has 198 valence electrons. The minimum absolute atomic E-state index is 0.0911. The standard InChI is InChI=1S/C26H16Cl4F3NO4/c27-24(28)14-25(29,30)37-21-3-1-2-16(12-21)23-13-22(38-34-23)15-35-18-8-10-20(11-9-18)36-19-6-4-17(5-7-19)26(31,32)33/h1-14H,15H2. The van der Waals surface area contributed by atoms with Gasteiger partial charge in [-0.2, -0.15) is 13.2 Å². The third kappa shape index (κ3) is 7.98. The molecule has 0 saturated carbocycles. The first-order valence-corrected chi connectivity index (χ1v) is 12.2. The molecule has 0 saturated heterocycles. The summed E-state index contributed by atoms with van der Waals surface area (Å²) in [6.07, 6.45) is -3.27. The molecule has 0 unspecified atom stereocenters. The number of halogens is 7. The first-order chi connectivity index (χ1) is 18.0. The zero-order chi connectivity index (χ0) is 27.3. The van der Waals surface area contributed by atoms with E-state index in [0.717, 1.165) is 18.2 Å². The monoisotopic (exact) mass is 603 g/mol. The summed E-state index contributed by atoms with van der Waals surface area (Å²) in [5.74, 6) is 2.03. The summed E-state index contributed by atoms with van der Waals surface area (Å²) in [6.45, 7) is 0.0911. The molecular weight excluding hydrogens is 589 g/mol. The van der Waals surface area contributed by atoms with E-state index in [4.69, 9.17) is 65.1 Å². The van der Waals surface area contributed by atoms with Gasteiger partial charge in [0.2, 0.25) is 0 Å². The summed E-state index contributed by atoms with van der Waals surface area (Å²) in [5.41, 5.74) is 0.449. The average Bonchev–Trinajstić information content (AvgIpc) is 3.32. The molecule has 0 radical (unpaired) electrons. The van der Waals surface area contributed by atoms with Crippen LogP contribution in [0.1, 0.15) is 11.3 Å². The second kappa shape index (κ2) is 11.8. The van der Waals surface area contributed by atoms with Crippen molar-refractivity contribution in [3.05, 3.63) is 101 Å². The Kier molecular flexibility index (Phi) is 8.67. The molecule has 0 atom stereocenters. The summed E-state index contributed by atoms with van der Waals surface area (Å²) in [5, 5.41) is 4.05. The first kappa shape index (κ1) is 28.0. The van der Waals surface area contributed by atoms with Gasteiger partial charge in [-0.05, 0) is 60.7 Å². The number of hydrogen-bond donors (Lipinski definition) is 0. The summed E-state index contributed by atoms with van der Waals surface area (Å²) < 4.78 is 58.3. The summed E-state index contributed by atoms with van der Waals surface area (Å²) in [7, 11) is 0. The van der Waals surface area contributed by atoms with Crippen molar-refractivity contribution in [3.8, 4) is 34.3 Å². The van der Waals surface area contributed by atoms with E-state index in [1.807, 2.05) is 0 Å². The fourth-order valence-electron chi connectivity index (χ4n) is 3.16. The lowest BCUT2D eigenvalue weighted by Gasteiger charge is -2.17. The fourth-order valence-corrected chi connectivity index (χ4v) is 4.08. The van der Waals surface area contributed by atoms with E-state index in [2.05, 4.69) is 5.16 Å². The van der Waals surface area contributed by atoms with Crippen molar-refractivity contribution in [2.45, 2.75) is 17.3 Å². The topological polar surface area (TPSA) is 53.7 Å². The van der Waals surface area contributed by atoms with Crippen LogP contribution in [0.4, 0.5) is 13.2 Å². The van der Waals surface area contributed by atoms with Gasteiger partial charge >= 0.3 is 6.18 Å². The molecule has 4 rings (SSSR count). The van der Waals surface area contributed by atoms with Crippen molar-refractivity contribution in [1.29, 1.82) is 0 Å². The molecule has 0 fully saturated rings. The van der Waals surface area contributed by atoms with Gasteiger partial charge in [-0.25, -0.2) is 0 Å². The Bertz CT molecular complexity index is 1400. The lowest BCUT2D eigenvalue weighted by atomic mass is 10.1. The lowest BCUT2D eigenvalue weighted by Crippen LogP contribution is -2.18. The van der Waals surface area contributed by atoms with Crippen molar-refractivity contribution in [1.82, 2.24) is 5.16 Å². The van der Waals surface area contributed by atoms with Crippen LogP contribution < -0.4 is 14.2 Å². The van der Waals surface area contributed by atoms with Crippen LogP contribution in [0.15, 0.2) is 94.0 Å². The van der Waals surface area contributed by atoms with E-state index in [9.17, 15) is 13.2 Å². The van der Waals surface area contributed by atoms with Crippen LogP contribution in [0.25, 0.3) is 11.3 Å². The molecule has 4 aromatic rings. The zero-order valence-electron chi connectivity index (χ0n) is 19.0. The quantitative estimate of drug-likeness (QED) is 0.178. The Morgan fingerprint density at radius 3 is 2.11 bits per heavy atom. The van der Waals surface area contributed by atoms with Crippen LogP contribution >= 0.6 is 46.4 Å². The molecule has 12 heteroatoms. The highest BCUT2D eigenvalue weighted by atomic mass is 35.5. The Labute approximate surface area is 235 Å². The minimum atomic E-state index is -4.40. The van der Waals surface area contributed by atoms with Crippen molar-refractivity contribution in [2.75, 3.05) is 0 Å². The van der Waals surface area contributed by atoms with Crippen LogP contribution in [-0.4, -0.2) is 9.68 Å². The summed E-state index contributed by atoms with van der Waals surface area (Å²) >= 11 is 23.3. The van der Waals surface area contributed by atoms with Crippen LogP contribution in [0.2, 0.25) is 0 Å². The van der Waals surface area contributed by atoms with Crippen molar-refractivity contribution < 1.29 is 31.9 Å². The van der Waals surface area contributed by atoms with Gasteiger partial charge in [0.05, 0.1) is 5.56 Å². The lowest BCUT2D eigenvalue weighted by molar-refractivity contribution is -0.137. The SMILES string of the molecule is FC(F)(F)c1ccc(Oc2ccc(OCc3cc(-c4cccc(OC(Cl)(Cl)C=C(Cl)Cl)c4)no3)cc2)cc1. The van der Waals surface area contributed by atoms with Crippen LogP contribution in [0, 0.1) is 0 Å². The van der Waals surface area contributed by atoms with Crippen molar-refractivity contribution >= 4 is 46.4 Å². The fraction of sp³-hybridized carbons (Fsp3) is 0.115. The third-order valence-electron chi connectivity index (χ3n) is 4.84. The molecule has 0 spiro atoms. The van der Waals surface area contributed by atoms with Gasteiger partial charge < -0.3 is 18.7 Å². The molecule has 5 nitrogen and oxygen atoms in total. The molecule has 0 aliphatic rings. The predicted octanol–water partition coefficient (Wildman–Crippen LogP) is 9.56. The van der Waals surface area contributed by atoms with Crippen molar-refractivity contribution in [3.63, 3.8) is 0 Å². The Hall–Kier alpha value is -3.04. The minimum Gasteiger partial charge on any atom is -0.486 e. The average molecular weight is 605 g/mol. The van der Waals surface area contributed by atoms with E-state index >= 15 is 0 Å². The van der Waals surface area contributed by atoms with Gasteiger partial charge in [0.15, 0.2) is 5.76 Å². The van der Waals surface area contributed by atoms with Crippen LogP contribution in [-0.2, 0) is 12.8 Å². The van der Waals surface area contributed by atoms with E-state index in [-0.39, 0.29) is 16.8 Å². The molecule has 0 bridgehead atoms. The molecule has 3 aromatic carbocycles. The van der Waals surface area contributed by atoms with E-state index in [0.29, 0.717) is 34.3 Å². The number of hydrogen-bond acceptors (Lipinski definition) is 5. The number of alkyl halides is 5. The molecule has 0 aliphatic carbocycles. The van der Waals surface area contributed by atoms with Gasteiger partial charge in [-0.15, -0.1) is 0 Å². The summed E-state index contributed by atoms with van der Waals surface area (Å²) in [4.78, 5) is 0. The largest absolute Gasteiger partial charge is 0.486 e. The van der Waals surface area contributed by atoms with E-state index in [1.54, 1.807) is 54.6 Å². The number of aromatic nitrogens is 1. The number of rotatable bonds is 9. The van der Waals surface area contributed by atoms with Crippen molar-refractivity contribution in [2.24, 2.45) is 0 Å². The maximum absolute atomic E-state index is 12.7. The Morgan fingerprint density at radius 2 is 1.47 bits per heavy atom. The number of benzene rings is 3. The normalized spacial score (nSPS) is 11.7. The third-order valence-corrected chi connectivity index (χ3v) is 5.43. The molecule has 1 aromatic heterocycles. The smallest absolute Gasteiger partial charge is 0.416 e. The highest BCUT2D eigenvalue weighted by molar-refractivity contribution is 6.57. The predicted molar refractivity (Wildman–Crippen MR) is 139 cm³/mol.